The quantitative estimate of drug-likeness (QED) is 0.445. The Balaban J connectivity index is 1.62. The van der Waals surface area contributed by atoms with Gasteiger partial charge in [0.15, 0.2) is 5.65 Å². The number of aromatic nitrogens is 5. The molecular formula is C23H18N6OS. The van der Waals surface area contributed by atoms with Crippen LogP contribution >= 0.6 is 11.3 Å². The maximum Gasteiger partial charge on any atom is 0.258 e. The summed E-state index contributed by atoms with van der Waals surface area (Å²) in [5, 5.41) is 17.3. The average molecular weight is 427 g/mol. The van der Waals surface area contributed by atoms with Crippen LogP contribution in [0.15, 0.2) is 72.9 Å². The number of fused-ring (bicyclic) bond motifs is 1. The maximum atomic E-state index is 13.2. The van der Waals surface area contributed by atoms with Gasteiger partial charge in [-0.1, -0.05) is 72.0 Å². The van der Waals surface area contributed by atoms with Crippen molar-refractivity contribution in [2.24, 2.45) is 0 Å². The number of nitrogens with zero attached hydrogens (tertiary/aromatic N) is 5. The highest BCUT2D eigenvalue weighted by molar-refractivity contribution is 7.15. The smallest absolute Gasteiger partial charge is 0.258 e. The summed E-state index contributed by atoms with van der Waals surface area (Å²) < 4.78 is 1.82. The number of hydrogen-bond donors (Lipinski definition) is 1. The van der Waals surface area contributed by atoms with Gasteiger partial charge in [-0.2, -0.15) is 5.10 Å². The van der Waals surface area contributed by atoms with Crippen molar-refractivity contribution in [1.29, 1.82) is 0 Å². The van der Waals surface area contributed by atoms with Crippen molar-refractivity contribution in [3.63, 3.8) is 0 Å². The van der Waals surface area contributed by atoms with Gasteiger partial charge in [0.25, 0.3) is 5.91 Å². The SMILES string of the molecule is Cc1nnc(NC(=O)c2cc(-c3ccccc3)nc3c2cnn3Cc2ccccc2)s1. The molecule has 1 N–H and O–H groups in total. The topological polar surface area (TPSA) is 85.6 Å². The number of amides is 1. The van der Waals surface area contributed by atoms with Crippen molar-refractivity contribution < 1.29 is 4.79 Å². The predicted octanol–water partition coefficient (Wildman–Crippen LogP) is 4.56. The standard InChI is InChI=1S/C23H18N6OS/c1-15-27-28-23(31-15)26-22(30)18-12-20(17-10-6-3-7-11-17)25-21-19(18)13-24-29(21)14-16-8-4-2-5-9-16/h2-13H,14H2,1H3,(H,26,28,30). The van der Waals surface area contributed by atoms with Gasteiger partial charge in [0.2, 0.25) is 5.13 Å². The molecule has 152 valence electrons. The van der Waals surface area contributed by atoms with Crippen molar-refractivity contribution in [2.45, 2.75) is 13.5 Å². The molecule has 0 fully saturated rings. The molecule has 5 rings (SSSR count). The molecule has 0 spiro atoms. The molecule has 31 heavy (non-hydrogen) atoms. The second-order valence-corrected chi connectivity index (χ2v) is 8.21. The van der Waals surface area contributed by atoms with Crippen molar-refractivity contribution in [1.82, 2.24) is 25.0 Å². The Hall–Kier alpha value is -3.91. The van der Waals surface area contributed by atoms with Gasteiger partial charge in [0, 0.05) is 5.56 Å². The highest BCUT2D eigenvalue weighted by Gasteiger charge is 2.19. The Bertz CT molecular complexity index is 1360. The van der Waals surface area contributed by atoms with E-state index in [0.717, 1.165) is 16.1 Å². The molecule has 0 radical (unpaired) electrons. The Kier molecular flexibility index (Phi) is 4.97. The van der Waals surface area contributed by atoms with E-state index in [1.165, 1.54) is 11.3 Å². The second-order valence-electron chi connectivity index (χ2n) is 7.03. The Morgan fingerprint density at radius 2 is 1.77 bits per heavy atom. The van der Waals surface area contributed by atoms with E-state index in [2.05, 4.69) is 20.6 Å². The molecule has 0 aliphatic rings. The van der Waals surface area contributed by atoms with E-state index < -0.39 is 0 Å². The zero-order chi connectivity index (χ0) is 21.2. The molecule has 0 bridgehead atoms. The zero-order valence-electron chi connectivity index (χ0n) is 16.7. The fraction of sp³-hybridized carbons (Fsp3) is 0.0870. The van der Waals surface area contributed by atoms with Gasteiger partial charge < -0.3 is 0 Å². The second kappa shape index (κ2) is 8.08. The minimum Gasteiger partial charge on any atom is -0.296 e. The fourth-order valence-corrected chi connectivity index (χ4v) is 3.96. The molecule has 0 atom stereocenters. The number of pyridine rings is 1. The summed E-state index contributed by atoms with van der Waals surface area (Å²) in [5.41, 5.74) is 3.90. The summed E-state index contributed by atoms with van der Waals surface area (Å²) in [4.78, 5) is 18.0. The third kappa shape index (κ3) is 3.93. The predicted molar refractivity (Wildman–Crippen MR) is 121 cm³/mol. The first-order chi connectivity index (χ1) is 15.2. The molecule has 1 amide bonds. The number of carbonyl (C=O) groups excluding carboxylic acids is 1. The Morgan fingerprint density at radius 3 is 2.48 bits per heavy atom. The first-order valence-electron chi connectivity index (χ1n) is 9.75. The molecule has 0 unspecified atom stereocenters. The summed E-state index contributed by atoms with van der Waals surface area (Å²) in [7, 11) is 0. The van der Waals surface area contributed by atoms with Crippen LogP contribution in [-0.4, -0.2) is 30.9 Å². The molecule has 0 aliphatic carbocycles. The lowest BCUT2D eigenvalue weighted by atomic mass is 10.1. The zero-order valence-corrected chi connectivity index (χ0v) is 17.5. The summed E-state index contributed by atoms with van der Waals surface area (Å²) in [6.45, 7) is 2.41. The van der Waals surface area contributed by atoms with Gasteiger partial charge in [-0.15, -0.1) is 10.2 Å². The molecule has 7 nitrogen and oxygen atoms in total. The molecule has 8 heteroatoms. The number of hydrogen-bond acceptors (Lipinski definition) is 6. The largest absolute Gasteiger partial charge is 0.296 e. The van der Waals surface area contributed by atoms with E-state index in [1.807, 2.05) is 72.3 Å². The number of nitrogens with one attached hydrogen (secondary N) is 1. The van der Waals surface area contributed by atoms with Crippen molar-refractivity contribution in [3.05, 3.63) is 89.1 Å². The molecule has 2 aromatic carbocycles. The van der Waals surface area contributed by atoms with Crippen LogP contribution in [-0.2, 0) is 6.54 Å². The van der Waals surface area contributed by atoms with Crippen molar-refractivity contribution in [2.75, 3.05) is 5.32 Å². The van der Waals surface area contributed by atoms with Crippen LogP contribution in [0.2, 0.25) is 0 Å². The van der Waals surface area contributed by atoms with Crippen LogP contribution in [0.5, 0.6) is 0 Å². The monoisotopic (exact) mass is 426 g/mol. The number of carbonyl (C=O) groups is 1. The van der Waals surface area contributed by atoms with E-state index >= 15 is 0 Å². The first kappa shape index (κ1) is 19.1. The summed E-state index contributed by atoms with van der Waals surface area (Å²) in [6, 6.07) is 21.7. The summed E-state index contributed by atoms with van der Waals surface area (Å²) in [6.07, 6.45) is 1.69. The number of rotatable bonds is 5. The highest BCUT2D eigenvalue weighted by atomic mass is 32.1. The van der Waals surface area contributed by atoms with Gasteiger partial charge >= 0.3 is 0 Å². The number of benzene rings is 2. The molecule has 0 aliphatic heterocycles. The summed E-state index contributed by atoms with van der Waals surface area (Å²) >= 11 is 1.33. The van der Waals surface area contributed by atoms with E-state index in [4.69, 9.17) is 4.98 Å². The van der Waals surface area contributed by atoms with Crippen LogP contribution in [0.1, 0.15) is 20.9 Å². The number of anilines is 1. The van der Waals surface area contributed by atoms with Crippen LogP contribution in [0, 0.1) is 6.92 Å². The normalized spacial score (nSPS) is 11.0. The highest BCUT2D eigenvalue weighted by Crippen LogP contribution is 2.26. The lowest BCUT2D eigenvalue weighted by Gasteiger charge is -2.09. The molecule has 0 saturated carbocycles. The number of aryl methyl sites for hydroxylation is 1. The van der Waals surface area contributed by atoms with Gasteiger partial charge in [0.05, 0.1) is 29.4 Å². The van der Waals surface area contributed by atoms with E-state index in [-0.39, 0.29) is 5.91 Å². The fourth-order valence-electron chi connectivity index (χ4n) is 3.38. The van der Waals surface area contributed by atoms with E-state index in [0.29, 0.717) is 34.0 Å². The van der Waals surface area contributed by atoms with Crippen molar-refractivity contribution in [3.8, 4) is 11.3 Å². The maximum absolute atomic E-state index is 13.2. The van der Waals surface area contributed by atoms with E-state index in [1.54, 1.807) is 12.3 Å². The van der Waals surface area contributed by atoms with Crippen LogP contribution < -0.4 is 5.32 Å². The van der Waals surface area contributed by atoms with Crippen LogP contribution in [0.25, 0.3) is 22.3 Å². The van der Waals surface area contributed by atoms with Crippen LogP contribution in [0.3, 0.4) is 0 Å². The summed E-state index contributed by atoms with van der Waals surface area (Å²) in [5.74, 6) is -0.264. The first-order valence-corrected chi connectivity index (χ1v) is 10.6. The Labute approximate surface area is 182 Å². The van der Waals surface area contributed by atoms with E-state index in [9.17, 15) is 4.79 Å². The van der Waals surface area contributed by atoms with Crippen molar-refractivity contribution >= 4 is 33.4 Å². The van der Waals surface area contributed by atoms with Gasteiger partial charge in [0.1, 0.15) is 5.01 Å². The molecule has 5 aromatic rings. The van der Waals surface area contributed by atoms with Gasteiger partial charge in [-0.25, -0.2) is 9.67 Å². The van der Waals surface area contributed by atoms with Gasteiger partial charge in [-0.05, 0) is 18.6 Å². The molecule has 3 heterocycles. The molecular weight excluding hydrogens is 408 g/mol. The average Bonchev–Trinajstić information content (AvgIpc) is 3.40. The lowest BCUT2D eigenvalue weighted by Crippen LogP contribution is -2.13. The molecule has 0 saturated heterocycles. The lowest BCUT2D eigenvalue weighted by molar-refractivity contribution is 0.102. The third-order valence-electron chi connectivity index (χ3n) is 4.85. The minimum atomic E-state index is -0.264. The Morgan fingerprint density at radius 1 is 1.03 bits per heavy atom. The third-order valence-corrected chi connectivity index (χ3v) is 5.60. The van der Waals surface area contributed by atoms with Gasteiger partial charge in [-0.3, -0.25) is 10.1 Å². The molecule has 3 aromatic heterocycles. The minimum absolute atomic E-state index is 0.264. The van der Waals surface area contributed by atoms with Crippen LogP contribution in [0.4, 0.5) is 5.13 Å².